The summed E-state index contributed by atoms with van der Waals surface area (Å²) < 4.78 is 11.8. The second-order valence-corrected chi connectivity index (χ2v) is 9.38. The lowest BCUT2D eigenvalue weighted by molar-refractivity contribution is 0.190. The highest BCUT2D eigenvalue weighted by Crippen LogP contribution is 2.36. The summed E-state index contributed by atoms with van der Waals surface area (Å²) in [6.45, 7) is 6.21. The van der Waals surface area contributed by atoms with Crippen molar-refractivity contribution in [3.8, 4) is 11.5 Å². The molecule has 2 rings (SSSR count). The van der Waals surface area contributed by atoms with Crippen LogP contribution in [0, 0.1) is 11.8 Å². The minimum Gasteiger partial charge on any atom is -0.494 e. The van der Waals surface area contributed by atoms with Crippen molar-refractivity contribution in [1.29, 1.82) is 0 Å². The third-order valence-corrected chi connectivity index (χ3v) is 6.82. The van der Waals surface area contributed by atoms with E-state index in [4.69, 9.17) is 9.47 Å². The van der Waals surface area contributed by atoms with Crippen LogP contribution in [0.15, 0.2) is 24.3 Å². The van der Waals surface area contributed by atoms with Gasteiger partial charge in [0.25, 0.3) is 0 Å². The molecule has 2 heteroatoms. The highest BCUT2D eigenvalue weighted by atomic mass is 16.5. The number of rotatable bonds is 17. The van der Waals surface area contributed by atoms with Crippen molar-refractivity contribution in [1.82, 2.24) is 0 Å². The van der Waals surface area contributed by atoms with Crippen LogP contribution in [0.4, 0.5) is 0 Å². The van der Waals surface area contributed by atoms with Crippen LogP contribution in [0.1, 0.15) is 117 Å². The van der Waals surface area contributed by atoms with E-state index in [1.165, 1.54) is 96.3 Å². The van der Waals surface area contributed by atoms with Gasteiger partial charge in [-0.15, -0.1) is 0 Å². The van der Waals surface area contributed by atoms with Crippen molar-refractivity contribution < 1.29 is 9.47 Å². The largest absolute Gasteiger partial charge is 0.494 e. The van der Waals surface area contributed by atoms with E-state index in [1.807, 2.05) is 12.1 Å². The Hall–Kier alpha value is -1.18. The van der Waals surface area contributed by atoms with E-state index in [0.717, 1.165) is 43.0 Å². The van der Waals surface area contributed by atoms with Gasteiger partial charge in [-0.3, -0.25) is 0 Å². The molecule has 0 aliphatic heterocycles. The van der Waals surface area contributed by atoms with E-state index in [2.05, 4.69) is 26.0 Å². The van der Waals surface area contributed by atoms with Gasteiger partial charge in [-0.05, 0) is 55.4 Å². The first-order valence-electron chi connectivity index (χ1n) is 13.2. The summed E-state index contributed by atoms with van der Waals surface area (Å²) in [5.41, 5.74) is 0. The molecule has 30 heavy (non-hydrogen) atoms. The fourth-order valence-electron chi connectivity index (χ4n) is 4.94. The van der Waals surface area contributed by atoms with Gasteiger partial charge in [-0.1, -0.05) is 97.3 Å². The zero-order valence-corrected chi connectivity index (χ0v) is 20.0. The molecule has 0 radical (unpaired) electrons. The van der Waals surface area contributed by atoms with Gasteiger partial charge in [0, 0.05) is 0 Å². The van der Waals surface area contributed by atoms with Crippen LogP contribution in [-0.2, 0) is 0 Å². The van der Waals surface area contributed by atoms with Crippen molar-refractivity contribution in [2.24, 2.45) is 11.8 Å². The Morgan fingerprint density at radius 2 is 1.07 bits per heavy atom. The molecule has 1 aromatic rings. The van der Waals surface area contributed by atoms with Crippen molar-refractivity contribution in [2.75, 3.05) is 13.2 Å². The molecule has 0 bridgehead atoms. The first-order chi connectivity index (χ1) is 14.8. The second kappa shape index (κ2) is 16.5. The van der Waals surface area contributed by atoms with Gasteiger partial charge < -0.3 is 9.47 Å². The van der Waals surface area contributed by atoms with E-state index in [0.29, 0.717) is 0 Å². The number of unbranched alkanes of at least 4 members (excludes halogenated alkanes) is 7. The van der Waals surface area contributed by atoms with Gasteiger partial charge in [-0.2, -0.15) is 0 Å². The molecule has 0 aromatic heterocycles. The minimum atomic E-state index is 0.821. The minimum absolute atomic E-state index is 0.821. The molecular formula is C28H48O2. The molecule has 1 aromatic carbocycles. The average molecular weight is 417 g/mol. The van der Waals surface area contributed by atoms with Crippen LogP contribution >= 0.6 is 0 Å². The first-order valence-corrected chi connectivity index (χ1v) is 13.2. The third kappa shape index (κ3) is 10.7. The van der Waals surface area contributed by atoms with Crippen LogP contribution in [0.25, 0.3) is 0 Å². The molecule has 1 fully saturated rings. The van der Waals surface area contributed by atoms with E-state index >= 15 is 0 Å². The van der Waals surface area contributed by atoms with Gasteiger partial charge in [0.1, 0.15) is 11.5 Å². The number of hydrogen-bond donors (Lipinski definition) is 0. The van der Waals surface area contributed by atoms with Gasteiger partial charge in [0.2, 0.25) is 0 Å². The molecule has 0 N–H and O–H groups in total. The molecule has 1 aliphatic rings. The summed E-state index contributed by atoms with van der Waals surface area (Å²) in [6.07, 6.45) is 21.9. The number of benzene rings is 1. The van der Waals surface area contributed by atoms with Crippen LogP contribution in [0.3, 0.4) is 0 Å². The smallest absolute Gasteiger partial charge is 0.119 e. The Kier molecular flexibility index (Phi) is 13.8. The molecule has 2 atom stereocenters. The molecule has 1 saturated carbocycles. The maximum atomic E-state index is 6.01. The summed E-state index contributed by atoms with van der Waals surface area (Å²) in [6, 6.07) is 8.21. The lowest BCUT2D eigenvalue weighted by Gasteiger charge is -2.31. The maximum absolute atomic E-state index is 6.01. The molecule has 0 amide bonds. The normalized spacial score (nSPS) is 19.0. The monoisotopic (exact) mass is 416 g/mol. The molecule has 2 nitrogen and oxygen atoms in total. The van der Waals surface area contributed by atoms with E-state index in [1.54, 1.807) is 0 Å². The van der Waals surface area contributed by atoms with Crippen LogP contribution < -0.4 is 9.47 Å². The Balaban J connectivity index is 1.58. The third-order valence-electron chi connectivity index (χ3n) is 6.82. The van der Waals surface area contributed by atoms with Gasteiger partial charge in [0.05, 0.1) is 13.2 Å². The van der Waals surface area contributed by atoms with E-state index in [-0.39, 0.29) is 0 Å². The Bertz CT molecular complexity index is 510. The first kappa shape index (κ1) is 25.1. The summed E-state index contributed by atoms with van der Waals surface area (Å²) in [4.78, 5) is 0. The molecule has 172 valence electrons. The predicted octanol–water partition coefficient (Wildman–Crippen LogP) is 8.97. The summed E-state index contributed by atoms with van der Waals surface area (Å²) in [7, 11) is 0. The topological polar surface area (TPSA) is 18.5 Å². The lowest BCUT2D eigenvalue weighted by atomic mass is 9.74. The lowest BCUT2D eigenvalue weighted by Crippen LogP contribution is -2.20. The average Bonchev–Trinajstić information content (AvgIpc) is 2.78. The quantitative estimate of drug-likeness (QED) is 0.236. The zero-order valence-electron chi connectivity index (χ0n) is 20.0. The van der Waals surface area contributed by atoms with Crippen LogP contribution in [0.5, 0.6) is 11.5 Å². The fraction of sp³-hybridized carbons (Fsp3) is 0.786. The van der Waals surface area contributed by atoms with E-state index in [9.17, 15) is 0 Å². The van der Waals surface area contributed by atoms with Crippen molar-refractivity contribution in [3.63, 3.8) is 0 Å². The molecule has 2 unspecified atom stereocenters. The molecule has 1 aliphatic carbocycles. The van der Waals surface area contributed by atoms with E-state index < -0.39 is 0 Å². The summed E-state index contributed by atoms with van der Waals surface area (Å²) >= 11 is 0. The molecule has 0 spiro atoms. The fourth-order valence-corrected chi connectivity index (χ4v) is 4.94. The summed E-state index contributed by atoms with van der Waals surface area (Å²) in [5.74, 6) is 3.86. The number of hydrogen-bond acceptors (Lipinski definition) is 2. The summed E-state index contributed by atoms with van der Waals surface area (Å²) in [5, 5.41) is 0. The zero-order chi connectivity index (χ0) is 21.3. The molecule has 0 heterocycles. The molecular weight excluding hydrogens is 368 g/mol. The SMILES string of the molecule is CCCCCCCC1CCCCC1CCCOc1ccc(OCCCCCC)cc1. The highest BCUT2D eigenvalue weighted by Gasteiger charge is 2.24. The predicted molar refractivity (Wildman–Crippen MR) is 130 cm³/mol. The molecule has 0 saturated heterocycles. The Labute approximate surface area is 187 Å². The number of ether oxygens (including phenoxy) is 2. The van der Waals surface area contributed by atoms with Crippen molar-refractivity contribution >= 4 is 0 Å². The van der Waals surface area contributed by atoms with Crippen LogP contribution in [-0.4, -0.2) is 13.2 Å². The second-order valence-electron chi connectivity index (χ2n) is 9.38. The maximum Gasteiger partial charge on any atom is 0.119 e. The Morgan fingerprint density at radius 3 is 1.63 bits per heavy atom. The highest BCUT2D eigenvalue weighted by molar-refractivity contribution is 5.31. The van der Waals surface area contributed by atoms with Gasteiger partial charge in [0.15, 0.2) is 0 Å². The standard InChI is InChI=1S/C28H48O2/c1-3-5-7-9-10-15-25-16-11-12-17-26(25)18-14-24-30-28-21-19-27(20-22-28)29-23-13-8-6-4-2/h19-22,25-26H,3-18,23-24H2,1-2H3. The van der Waals surface area contributed by atoms with Crippen molar-refractivity contribution in [3.05, 3.63) is 24.3 Å². The van der Waals surface area contributed by atoms with Crippen LogP contribution in [0.2, 0.25) is 0 Å². The van der Waals surface area contributed by atoms with Gasteiger partial charge >= 0.3 is 0 Å². The van der Waals surface area contributed by atoms with Gasteiger partial charge in [-0.25, -0.2) is 0 Å². The Morgan fingerprint density at radius 1 is 0.600 bits per heavy atom. The van der Waals surface area contributed by atoms with Crippen molar-refractivity contribution in [2.45, 2.75) is 117 Å².